The van der Waals surface area contributed by atoms with Gasteiger partial charge in [0.25, 0.3) is 0 Å². The molecular formula is C13H18ClN3O. The maximum Gasteiger partial charge on any atom is 0.321 e. The number of benzene rings is 1. The highest BCUT2D eigenvalue weighted by Gasteiger charge is 2.26. The van der Waals surface area contributed by atoms with Crippen LogP contribution in [0.1, 0.15) is 13.3 Å². The van der Waals surface area contributed by atoms with E-state index in [1.165, 1.54) is 0 Å². The van der Waals surface area contributed by atoms with E-state index < -0.39 is 0 Å². The molecule has 1 fully saturated rings. The Morgan fingerprint density at radius 1 is 1.50 bits per heavy atom. The molecule has 0 bridgehead atoms. The molecule has 5 heteroatoms. The van der Waals surface area contributed by atoms with Gasteiger partial charge in [-0.15, -0.1) is 0 Å². The lowest BCUT2D eigenvalue weighted by atomic mass is 9.94. The smallest absolute Gasteiger partial charge is 0.321 e. The standard InChI is InChI=1S/C13H18ClN3O/c1-9-6-7-17(8-11(9)15)13(18)16-12-5-3-2-4-10(12)14/h2-5,9,11H,6-8,15H2,1H3,(H,16,18). The van der Waals surface area contributed by atoms with Crippen LogP contribution >= 0.6 is 11.6 Å². The van der Waals surface area contributed by atoms with Crippen molar-refractivity contribution >= 4 is 23.3 Å². The van der Waals surface area contributed by atoms with E-state index in [-0.39, 0.29) is 12.1 Å². The second-order valence-electron chi connectivity index (χ2n) is 4.79. The number of halogens is 1. The monoisotopic (exact) mass is 267 g/mol. The Hall–Kier alpha value is -1.26. The van der Waals surface area contributed by atoms with E-state index in [9.17, 15) is 4.79 Å². The van der Waals surface area contributed by atoms with Crippen LogP contribution in [0.15, 0.2) is 24.3 Å². The molecule has 3 N–H and O–H groups in total. The SMILES string of the molecule is CC1CCN(C(=O)Nc2ccccc2Cl)CC1N. The van der Waals surface area contributed by atoms with Gasteiger partial charge in [0.1, 0.15) is 0 Å². The van der Waals surface area contributed by atoms with Crippen LogP contribution in [0.25, 0.3) is 0 Å². The van der Waals surface area contributed by atoms with Crippen LogP contribution in [-0.2, 0) is 0 Å². The molecule has 0 aliphatic carbocycles. The van der Waals surface area contributed by atoms with Gasteiger partial charge < -0.3 is 16.0 Å². The van der Waals surface area contributed by atoms with Crippen LogP contribution in [-0.4, -0.2) is 30.1 Å². The number of para-hydroxylation sites is 1. The molecule has 98 valence electrons. The van der Waals surface area contributed by atoms with Gasteiger partial charge in [0, 0.05) is 19.1 Å². The van der Waals surface area contributed by atoms with Crippen molar-refractivity contribution in [1.29, 1.82) is 0 Å². The number of carbonyl (C=O) groups is 1. The largest absolute Gasteiger partial charge is 0.326 e. The number of anilines is 1. The summed E-state index contributed by atoms with van der Waals surface area (Å²) >= 11 is 6.00. The molecule has 1 aromatic carbocycles. The Morgan fingerprint density at radius 3 is 2.89 bits per heavy atom. The summed E-state index contributed by atoms with van der Waals surface area (Å²) in [6, 6.07) is 7.12. The molecular weight excluding hydrogens is 250 g/mol. The highest BCUT2D eigenvalue weighted by atomic mass is 35.5. The zero-order chi connectivity index (χ0) is 13.1. The lowest BCUT2D eigenvalue weighted by molar-refractivity contribution is 0.174. The number of likely N-dealkylation sites (tertiary alicyclic amines) is 1. The number of rotatable bonds is 1. The van der Waals surface area contributed by atoms with E-state index in [0.29, 0.717) is 23.2 Å². The molecule has 0 saturated carbocycles. The van der Waals surface area contributed by atoms with Crippen molar-refractivity contribution in [2.75, 3.05) is 18.4 Å². The molecule has 1 aliphatic rings. The lowest BCUT2D eigenvalue weighted by Crippen LogP contribution is -2.50. The second-order valence-corrected chi connectivity index (χ2v) is 5.19. The zero-order valence-electron chi connectivity index (χ0n) is 10.4. The maximum atomic E-state index is 12.1. The Labute approximate surface area is 112 Å². The third-order valence-corrected chi connectivity index (χ3v) is 3.75. The number of urea groups is 1. The minimum atomic E-state index is -0.134. The summed E-state index contributed by atoms with van der Waals surface area (Å²) in [7, 11) is 0. The molecule has 1 aromatic rings. The Bertz CT molecular complexity index is 438. The van der Waals surface area contributed by atoms with Crippen molar-refractivity contribution in [1.82, 2.24) is 4.90 Å². The molecule has 1 saturated heterocycles. The van der Waals surface area contributed by atoms with Crippen LogP contribution in [0.4, 0.5) is 10.5 Å². The van der Waals surface area contributed by atoms with E-state index in [1.807, 2.05) is 12.1 Å². The van der Waals surface area contributed by atoms with E-state index in [0.717, 1.165) is 13.0 Å². The van der Waals surface area contributed by atoms with Crippen molar-refractivity contribution in [3.63, 3.8) is 0 Å². The number of hydrogen-bond acceptors (Lipinski definition) is 2. The molecule has 0 aromatic heterocycles. The molecule has 4 nitrogen and oxygen atoms in total. The molecule has 18 heavy (non-hydrogen) atoms. The molecule has 2 unspecified atom stereocenters. The average Bonchev–Trinajstić information content (AvgIpc) is 2.35. The predicted molar refractivity (Wildman–Crippen MR) is 73.8 cm³/mol. The number of hydrogen-bond donors (Lipinski definition) is 2. The van der Waals surface area contributed by atoms with Gasteiger partial charge in [-0.1, -0.05) is 30.7 Å². The third-order valence-electron chi connectivity index (χ3n) is 3.42. The Kier molecular flexibility index (Phi) is 4.09. The van der Waals surface area contributed by atoms with Crippen molar-refractivity contribution in [2.45, 2.75) is 19.4 Å². The van der Waals surface area contributed by atoms with Crippen molar-refractivity contribution < 1.29 is 4.79 Å². The first-order chi connectivity index (χ1) is 8.58. The van der Waals surface area contributed by atoms with Crippen LogP contribution in [0.3, 0.4) is 0 Å². The lowest BCUT2D eigenvalue weighted by Gasteiger charge is -2.35. The zero-order valence-corrected chi connectivity index (χ0v) is 11.2. The van der Waals surface area contributed by atoms with E-state index in [4.69, 9.17) is 17.3 Å². The Morgan fingerprint density at radius 2 is 2.22 bits per heavy atom. The van der Waals surface area contributed by atoms with Gasteiger partial charge >= 0.3 is 6.03 Å². The first-order valence-corrected chi connectivity index (χ1v) is 6.51. The maximum absolute atomic E-state index is 12.1. The molecule has 0 spiro atoms. The summed E-state index contributed by atoms with van der Waals surface area (Å²) in [5.41, 5.74) is 6.62. The van der Waals surface area contributed by atoms with E-state index >= 15 is 0 Å². The number of carbonyl (C=O) groups excluding carboxylic acids is 1. The van der Waals surface area contributed by atoms with Crippen LogP contribution in [0.5, 0.6) is 0 Å². The van der Waals surface area contributed by atoms with Gasteiger partial charge in [0.15, 0.2) is 0 Å². The summed E-state index contributed by atoms with van der Waals surface area (Å²) in [6.07, 6.45) is 0.942. The first kappa shape index (κ1) is 13.2. The minimum Gasteiger partial charge on any atom is -0.326 e. The molecule has 0 radical (unpaired) electrons. The van der Waals surface area contributed by atoms with E-state index in [1.54, 1.807) is 17.0 Å². The van der Waals surface area contributed by atoms with Gasteiger partial charge in [0.05, 0.1) is 10.7 Å². The molecule has 1 heterocycles. The van der Waals surface area contributed by atoms with Crippen LogP contribution < -0.4 is 11.1 Å². The molecule has 2 rings (SSSR count). The number of nitrogens with one attached hydrogen (secondary N) is 1. The summed E-state index contributed by atoms with van der Waals surface area (Å²) in [5.74, 6) is 0.467. The summed E-state index contributed by atoms with van der Waals surface area (Å²) < 4.78 is 0. The fraction of sp³-hybridized carbons (Fsp3) is 0.462. The average molecular weight is 268 g/mol. The van der Waals surface area contributed by atoms with Crippen LogP contribution in [0, 0.1) is 5.92 Å². The van der Waals surface area contributed by atoms with Gasteiger partial charge in [-0.3, -0.25) is 0 Å². The molecule has 2 amide bonds. The quantitative estimate of drug-likeness (QED) is 0.822. The minimum absolute atomic E-state index is 0.0516. The Balaban J connectivity index is 1.99. The summed E-state index contributed by atoms with van der Waals surface area (Å²) in [5, 5.41) is 3.36. The van der Waals surface area contributed by atoms with E-state index in [2.05, 4.69) is 12.2 Å². The van der Waals surface area contributed by atoms with Crippen molar-refractivity contribution in [3.8, 4) is 0 Å². The topological polar surface area (TPSA) is 58.4 Å². The first-order valence-electron chi connectivity index (χ1n) is 6.14. The number of nitrogens with two attached hydrogens (primary N) is 1. The predicted octanol–water partition coefficient (Wildman–Crippen LogP) is 2.54. The number of nitrogens with zero attached hydrogens (tertiary/aromatic N) is 1. The molecule has 2 atom stereocenters. The number of piperidine rings is 1. The normalized spacial score (nSPS) is 23.8. The molecule has 1 aliphatic heterocycles. The van der Waals surface area contributed by atoms with Gasteiger partial charge in [-0.25, -0.2) is 4.79 Å². The highest BCUT2D eigenvalue weighted by Crippen LogP contribution is 2.22. The van der Waals surface area contributed by atoms with Gasteiger partial charge in [-0.2, -0.15) is 0 Å². The number of amides is 2. The summed E-state index contributed by atoms with van der Waals surface area (Å²) in [4.78, 5) is 13.8. The summed E-state index contributed by atoms with van der Waals surface area (Å²) in [6.45, 7) is 3.45. The van der Waals surface area contributed by atoms with Crippen LogP contribution in [0.2, 0.25) is 5.02 Å². The van der Waals surface area contributed by atoms with Gasteiger partial charge in [0.2, 0.25) is 0 Å². The highest BCUT2D eigenvalue weighted by molar-refractivity contribution is 6.33. The van der Waals surface area contributed by atoms with Gasteiger partial charge in [-0.05, 0) is 24.5 Å². The fourth-order valence-corrected chi connectivity index (χ4v) is 2.22. The second kappa shape index (κ2) is 5.59. The third kappa shape index (κ3) is 2.94. The van der Waals surface area contributed by atoms with Crippen molar-refractivity contribution in [3.05, 3.63) is 29.3 Å². The van der Waals surface area contributed by atoms with Crippen molar-refractivity contribution in [2.24, 2.45) is 11.7 Å². The fourth-order valence-electron chi connectivity index (χ4n) is 2.04.